The van der Waals surface area contributed by atoms with E-state index in [9.17, 15) is 5.11 Å². The summed E-state index contributed by atoms with van der Waals surface area (Å²) < 4.78 is 0. The van der Waals surface area contributed by atoms with E-state index in [2.05, 4.69) is 6.07 Å². The minimum atomic E-state index is 0.231. The Hall–Kier alpha value is -2.59. The smallest absolute Gasteiger partial charge is 0.137 e. The highest BCUT2D eigenvalue weighted by Crippen LogP contribution is 2.29. The molecule has 0 radical (unpaired) electrons. The summed E-state index contributed by atoms with van der Waals surface area (Å²) in [6.07, 6.45) is 0. The molecule has 4 nitrogen and oxygen atoms in total. The summed E-state index contributed by atoms with van der Waals surface area (Å²) in [6, 6.07) is 17.1. The second-order valence-corrected chi connectivity index (χ2v) is 4.95. The second kappa shape index (κ2) is 5.42. The van der Waals surface area contributed by atoms with Crippen molar-refractivity contribution in [2.45, 2.75) is 6.54 Å². The Labute approximate surface area is 123 Å². The van der Waals surface area contributed by atoms with E-state index in [4.69, 9.17) is 10.7 Å². The molecule has 0 atom stereocenters. The van der Waals surface area contributed by atoms with E-state index in [0.29, 0.717) is 6.54 Å². The van der Waals surface area contributed by atoms with E-state index in [1.54, 1.807) is 12.1 Å². The monoisotopic (exact) mass is 279 g/mol. The largest absolute Gasteiger partial charge is 0.508 e. The maximum atomic E-state index is 9.64. The molecule has 0 aliphatic heterocycles. The van der Waals surface area contributed by atoms with Crippen molar-refractivity contribution in [3.8, 4) is 5.75 Å². The Kier molecular flexibility index (Phi) is 3.46. The van der Waals surface area contributed by atoms with Gasteiger partial charge in [0.15, 0.2) is 0 Å². The van der Waals surface area contributed by atoms with Crippen LogP contribution in [0.5, 0.6) is 5.75 Å². The predicted octanol–water partition coefficient (Wildman–Crippen LogP) is 3.17. The SMILES string of the molecule is CN(c1cccc(O)c1)c1nc2ccccc2cc1CN. The highest BCUT2D eigenvalue weighted by molar-refractivity contribution is 5.82. The molecule has 4 heteroatoms. The van der Waals surface area contributed by atoms with Crippen LogP contribution in [0, 0.1) is 0 Å². The average Bonchev–Trinajstić information content (AvgIpc) is 2.53. The second-order valence-electron chi connectivity index (χ2n) is 4.95. The zero-order valence-corrected chi connectivity index (χ0v) is 11.8. The van der Waals surface area contributed by atoms with Gasteiger partial charge in [0.1, 0.15) is 11.6 Å². The molecule has 3 N–H and O–H groups in total. The van der Waals surface area contributed by atoms with E-state index in [0.717, 1.165) is 28.0 Å². The van der Waals surface area contributed by atoms with Crippen LogP contribution in [0.25, 0.3) is 10.9 Å². The van der Waals surface area contributed by atoms with Crippen LogP contribution >= 0.6 is 0 Å². The minimum absolute atomic E-state index is 0.231. The molecule has 0 saturated heterocycles. The van der Waals surface area contributed by atoms with Gasteiger partial charge < -0.3 is 15.7 Å². The Bertz CT molecular complexity index is 786. The average molecular weight is 279 g/mol. The first-order valence-corrected chi connectivity index (χ1v) is 6.80. The normalized spacial score (nSPS) is 10.8. The summed E-state index contributed by atoms with van der Waals surface area (Å²) >= 11 is 0. The third-order valence-corrected chi connectivity index (χ3v) is 3.53. The quantitative estimate of drug-likeness (QED) is 0.773. The predicted molar refractivity (Wildman–Crippen MR) is 85.8 cm³/mol. The van der Waals surface area contributed by atoms with Crippen molar-refractivity contribution in [1.82, 2.24) is 4.98 Å². The summed E-state index contributed by atoms with van der Waals surface area (Å²) in [7, 11) is 1.92. The molecule has 1 heterocycles. The van der Waals surface area contributed by atoms with Crippen LogP contribution < -0.4 is 10.6 Å². The molecular weight excluding hydrogens is 262 g/mol. The maximum Gasteiger partial charge on any atom is 0.137 e. The third kappa shape index (κ3) is 2.53. The number of anilines is 2. The van der Waals surface area contributed by atoms with Crippen LogP contribution in [0.15, 0.2) is 54.6 Å². The zero-order chi connectivity index (χ0) is 14.8. The van der Waals surface area contributed by atoms with Crippen LogP contribution in [0.1, 0.15) is 5.56 Å². The van der Waals surface area contributed by atoms with Crippen LogP contribution in [0.4, 0.5) is 11.5 Å². The Morgan fingerprint density at radius 2 is 1.90 bits per heavy atom. The maximum absolute atomic E-state index is 9.64. The van der Waals surface area contributed by atoms with Gasteiger partial charge in [-0.1, -0.05) is 24.3 Å². The fourth-order valence-corrected chi connectivity index (χ4v) is 2.41. The van der Waals surface area contributed by atoms with Crippen molar-refractivity contribution in [3.05, 3.63) is 60.2 Å². The summed E-state index contributed by atoms with van der Waals surface area (Å²) in [5.74, 6) is 1.04. The Balaban J connectivity index is 2.14. The van der Waals surface area contributed by atoms with Gasteiger partial charge in [-0.25, -0.2) is 4.98 Å². The zero-order valence-electron chi connectivity index (χ0n) is 11.8. The van der Waals surface area contributed by atoms with Gasteiger partial charge in [-0.15, -0.1) is 0 Å². The number of aromatic hydroxyl groups is 1. The highest BCUT2D eigenvalue weighted by atomic mass is 16.3. The lowest BCUT2D eigenvalue weighted by Gasteiger charge is -2.21. The molecule has 3 aromatic rings. The molecule has 0 amide bonds. The van der Waals surface area contributed by atoms with Crippen molar-refractivity contribution in [1.29, 1.82) is 0 Å². The summed E-state index contributed by atoms with van der Waals surface area (Å²) in [6.45, 7) is 0.413. The first kappa shape index (κ1) is 13.4. The molecule has 0 aliphatic rings. The van der Waals surface area contributed by atoms with E-state index >= 15 is 0 Å². The van der Waals surface area contributed by atoms with E-state index in [1.807, 2.05) is 48.3 Å². The fraction of sp³-hybridized carbons (Fsp3) is 0.118. The molecule has 21 heavy (non-hydrogen) atoms. The lowest BCUT2D eigenvalue weighted by molar-refractivity contribution is 0.475. The van der Waals surface area contributed by atoms with E-state index < -0.39 is 0 Å². The first-order valence-electron chi connectivity index (χ1n) is 6.80. The number of rotatable bonds is 3. The molecule has 0 bridgehead atoms. The number of fused-ring (bicyclic) bond motifs is 1. The van der Waals surface area contributed by atoms with Crippen LogP contribution in [0.2, 0.25) is 0 Å². The van der Waals surface area contributed by atoms with Gasteiger partial charge in [0.2, 0.25) is 0 Å². The molecule has 0 unspecified atom stereocenters. The third-order valence-electron chi connectivity index (χ3n) is 3.53. The molecule has 0 spiro atoms. The standard InChI is InChI=1S/C17H17N3O/c1-20(14-6-4-7-15(21)10-14)17-13(11-18)9-12-5-2-3-8-16(12)19-17/h2-10,21H,11,18H2,1H3. The number of para-hydroxylation sites is 1. The van der Waals surface area contributed by atoms with Gasteiger partial charge in [0.05, 0.1) is 5.52 Å². The highest BCUT2D eigenvalue weighted by Gasteiger charge is 2.12. The molecule has 3 rings (SSSR count). The van der Waals surface area contributed by atoms with E-state index in [1.165, 1.54) is 0 Å². The Morgan fingerprint density at radius 3 is 2.67 bits per heavy atom. The lowest BCUT2D eigenvalue weighted by atomic mass is 10.1. The van der Waals surface area contributed by atoms with Gasteiger partial charge >= 0.3 is 0 Å². The lowest BCUT2D eigenvalue weighted by Crippen LogP contribution is -2.15. The molecule has 0 aliphatic carbocycles. The van der Waals surface area contributed by atoms with Crippen LogP contribution in [-0.2, 0) is 6.54 Å². The number of phenols is 1. The van der Waals surface area contributed by atoms with Crippen molar-refractivity contribution in [2.75, 3.05) is 11.9 Å². The minimum Gasteiger partial charge on any atom is -0.508 e. The van der Waals surface area contributed by atoms with Gasteiger partial charge in [-0.2, -0.15) is 0 Å². The molecule has 0 fully saturated rings. The van der Waals surface area contributed by atoms with Crippen molar-refractivity contribution >= 4 is 22.4 Å². The van der Waals surface area contributed by atoms with Gasteiger partial charge in [0.25, 0.3) is 0 Å². The van der Waals surface area contributed by atoms with Gasteiger partial charge in [-0.05, 0) is 24.3 Å². The van der Waals surface area contributed by atoms with Crippen molar-refractivity contribution in [3.63, 3.8) is 0 Å². The summed E-state index contributed by atoms with van der Waals surface area (Å²) in [5, 5.41) is 10.7. The van der Waals surface area contributed by atoms with Gasteiger partial charge in [-0.3, -0.25) is 0 Å². The number of aromatic nitrogens is 1. The molecule has 106 valence electrons. The van der Waals surface area contributed by atoms with E-state index in [-0.39, 0.29) is 5.75 Å². The number of hydrogen-bond acceptors (Lipinski definition) is 4. The summed E-state index contributed by atoms with van der Waals surface area (Å²) in [4.78, 5) is 6.66. The Morgan fingerprint density at radius 1 is 1.10 bits per heavy atom. The fourth-order valence-electron chi connectivity index (χ4n) is 2.41. The number of benzene rings is 2. The number of nitrogens with zero attached hydrogens (tertiary/aromatic N) is 2. The molecule has 0 saturated carbocycles. The number of hydrogen-bond donors (Lipinski definition) is 2. The molecule has 1 aromatic heterocycles. The number of pyridine rings is 1. The van der Waals surface area contributed by atoms with Crippen molar-refractivity contribution in [2.24, 2.45) is 5.73 Å². The molecular formula is C17H17N3O. The van der Waals surface area contributed by atoms with Gasteiger partial charge in [0, 0.05) is 36.3 Å². The summed E-state index contributed by atoms with van der Waals surface area (Å²) in [5.41, 5.74) is 8.64. The topological polar surface area (TPSA) is 62.4 Å². The van der Waals surface area contributed by atoms with Crippen LogP contribution in [-0.4, -0.2) is 17.1 Å². The first-order chi connectivity index (χ1) is 10.2. The molecule has 2 aromatic carbocycles. The number of phenolic OH excluding ortho intramolecular Hbond substituents is 1. The van der Waals surface area contributed by atoms with Crippen molar-refractivity contribution < 1.29 is 5.11 Å². The van der Waals surface area contributed by atoms with Crippen LogP contribution in [0.3, 0.4) is 0 Å². The number of nitrogens with two attached hydrogens (primary N) is 1.